The Morgan fingerprint density at radius 3 is 2.57 bits per heavy atom. The van der Waals surface area contributed by atoms with Crippen LogP contribution in [0.5, 0.6) is 0 Å². The molecule has 1 fully saturated rings. The van der Waals surface area contributed by atoms with Gasteiger partial charge in [-0.3, -0.25) is 4.90 Å². The lowest BCUT2D eigenvalue weighted by atomic mass is 9.88. The summed E-state index contributed by atoms with van der Waals surface area (Å²) in [5.41, 5.74) is -0.267. The van der Waals surface area contributed by atoms with Gasteiger partial charge in [0.15, 0.2) is 5.54 Å². The number of hydrogen-bond donors (Lipinski definition) is 2. The van der Waals surface area contributed by atoms with E-state index in [9.17, 15) is 9.90 Å². The molecule has 0 radical (unpaired) electrons. The van der Waals surface area contributed by atoms with E-state index < -0.39 is 11.5 Å². The second-order valence-electron chi connectivity index (χ2n) is 5.91. The highest BCUT2D eigenvalue weighted by Crippen LogP contribution is 2.24. The summed E-state index contributed by atoms with van der Waals surface area (Å²) in [7, 11) is 3.83. The number of carboxylic acid groups (broad SMARTS) is 1. The van der Waals surface area contributed by atoms with Gasteiger partial charge in [0.2, 0.25) is 0 Å². The molecule has 1 aromatic carbocycles. The van der Waals surface area contributed by atoms with E-state index in [1.165, 1.54) is 0 Å². The molecule has 0 bridgehead atoms. The van der Waals surface area contributed by atoms with Gasteiger partial charge in [0.1, 0.15) is 0 Å². The molecule has 2 rings (SSSR count). The smallest absolute Gasteiger partial charge is 0.329 e. The van der Waals surface area contributed by atoms with Crippen molar-refractivity contribution in [3.05, 3.63) is 35.9 Å². The SMILES string of the molecule is CNC(CN1CCN(C)CC1C)(C(=O)O)c1ccccc1. The van der Waals surface area contributed by atoms with Crippen LogP contribution in [-0.4, -0.2) is 67.2 Å². The molecule has 1 aliphatic heterocycles. The number of carbonyl (C=O) groups is 1. The second kappa shape index (κ2) is 6.56. The molecule has 5 heteroatoms. The van der Waals surface area contributed by atoms with Crippen molar-refractivity contribution in [1.82, 2.24) is 15.1 Å². The van der Waals surface area contributed by atoms with E-state index in [1.807, 2.05) is 30.3 Å². The van der Waals surface area contributed by atoms with E-state index >= 15 is 0 Å². The Balaban J connectivity index is 2.27. The van der Waals surface area contributed by atoms with E-state index in [1.54, 1.807) is 7.05 Å². The van der Waals surface area contributed by atoms with Gasteiger partial charge in [-0.25, -0.2) is 4.79 Å². The van der Waals surface area contributed by atoms with Crippen molar-refractivity contribution in [2.45, 2.75) is 18.5 Å². The van der Waals surface area contributed by atoms with Gasteiger partial charge in [0, 0.05) is 32.2 Å². The minimum absolute atomic E-state index is 0.347. The summed E-state index contributed by atoms with van der Waals surface area (Å²) in [6.45, 7) is 5.45. The molecular weight excluding hydrogens is 266 g/mol. The van der Waals surface area contributed by atoms with Crippen molar-refractivity contribution in [3.63, 3.8) is 0 Å². The molecule has 0 saturated carbocycles. The molecule has 21 heavy (non-hydrogen) atoms. The van der Waals surface area contributed by atoms with Crippen LogP contribution in [0.3, 0.4) is 0 Å². The van der Waals surface area contributed by atoms with E-state index in [2.05, 4.69) is 29.1 Å². The van der Waals surface area contributed by atoms with Gasteiger partial charge in [0.05, 0.1) is 0 Å². The molecule has 5 nitrogen and oxygen atoms in total. The van der Waals surface area contributed by atoms with E-state index in [-0.39, 0.29) is 0 Å². The Labute approximate surface area is 126 Å². The highest BCUT2D eigenvalue weighted by molar-refractivity contribution is 5.81. The van der Waals surface area contributed by atoms with Crippen LogP contribution in [0.2, 0.25) is 0 Å². The fraction of sp³-hybridized carbons (Fsp3) is 0.562. The van der Waals surface area contributed by atoms with Crippen molar-refractivity contribution in [2.75, 3.05) is 40.3 Å². The average Bonchev–Trinajstić information content (AvgIpc) is 2.47. The molecule has 2 unspecified atom stereocenters. The van der Waals surface area contributed by atoms with Crippen LogP contribution >= 0.6 is 0 Å². The van der Waals surface area contributed by atoms with Crippen molar-refractivity contribution in [1.29, 1.82) is 0 Å². The maximum absolute atomic E-state index is 12.0. The van der Waals surface area contributed by atoms with Crippen LogP contribution in [0, 0.1) is 0 Å². The van der Waals surface area contributed by atoms with Crippen LogP contribution in [0.1, 0.15) is 12.5 Å². The number of carboxylic acids is 1. The van der Waals surface area contributed by atoms with Gasteiger partial charge < -0.3 is 15.3 Å². The Morgan fingerprint density at radius 1 is 1.38 bits per heavy atom. The number of rotatable bonds is 5. The Morgan fingerprint density at radius 2 is 2.05 bits per heavy atom. The van der Waals surface area contributed by atoms with Crippen molar-refractivity contribution in [3.8, 4) is 0 Å². The molecule has 0 aromatic heterocycles. The predicted octanol–water partition coefficient (Wildman–Crippen LogP) is 0.822. The molecule has 116 valence electrons. The lowest BCUT2D eigenvalue weighted by molar-refractivity contribution is -0.146. The highest BCUT2D eigenvalue weighted by atomic mass is 16.4. The predicted molar refractivity (Wildman–Crippen MR) is 83.3 cm³/mol. The largest absolute Gasteiger partial charge is 0.480 e. The van der Waals surface area contributed by atoms with Crippen LogP contribution in [0.15, 0.2) is 30.3 Å². The molecular formula is C16H25N3O2. The first kappa shape index (κ1) is 15.9. The van der Waals surface area contributed by atoms with Gasteiger partial charge >= 0.3 is 5.97 Å². The molecule has 0 aliphatic carbocycles. The number of likely N-dealkylation sites (N-methyl/N-ethyl adjacent to an activating group) is 2. The Hall–Kier alpha value is -1.43. The van der Waals surface area contributed by atoms with Crippen LogP contribution < -0.4 is 5.32 Å². The highest BCUT2D eigenvalue weighted by Gasteiger charge is 2.42. The molecule has 1 aliphatic rings. The summed E-state index contributed by atoms with van der Waals surface area (Å²) < 4.78 is 0. The van der Waals surface area contributed by atoms with Gasteiger partial charge in [-0.1, -0.05) is 30.3 Å². The Kier molecular flexibility index (Phi) is 4.98. The number of benzene rings is 1. The van der Waals surface area contributed by atoms with Crippen LogP contribution in [0.4, 0.5) is 0 Å². The lowest BCUT2D eigenvalue weighted by Crippen LogP contribution is -2.60. The number of nitrogens with one attached hydrogen (secondary N) is 1. The normalized spacial score (nSPS) is 23.7. The number of piperazine rings is 1. The standard InChI is InChI=1S/C16H25N3O2/c1-13-11-18(3)9-10-19(13)12-16(17-2,15(20)21)14-7-5-4-6-8-14/h4-8,13,17H,9-12H2,1-3H3,(H,20,21). The molecule has 0 spiro atoms. The summed E-state index contributed by atoms with van der Waals surface area (Å²) in [6.07, 6.45) is 0. The summed E-state index contributed by atoms with van der Waals surface area (Å²) in [4.78, 5) is 16.5. The zero-order valence-corrected chi connectivity index (χ0v) is 13.0. The van der Waals surface area contributed by atoms with Crippen molar-refractivity contribution >= 4 is 5.97 Å². The fourth-order valence-electron chi connectivity index (χ4n) is 3.05. The zero-order valence-electron chi connectivity index (χ0n) is 13.0. The first-order valence-corrected chi connectivity index (χ1v) is 7.40. The summed E-state index contributed by atoms with van der Waals surface area (Å²) in [5.74, 6) is -0.831. The third kappa shape index (κ3) is 3.26. The Bertz CT molecular complexity index is 480. The minimum atomic E-state index is -1.06. The maximum atomic E-state index is 12.0. The lowest BCUT2D eigenvalue weighted by Gasteiger charge is -2.43. The number of nitrogens with zero attached hydrogens (tertiary/aromatic N) is 2. The van der Waals surface area contributed by atoms with Gasteiger partial charge in [0.25, 0.3) is 0 Å². The third-order valence-electron chi connectivity index (χ3n) is 4.47. The molecule has 0 amide bonds. The molecule has 2 atom stereocenters. The summed E-state index contributed by atoms with van der Waals surface area (Å²) in [5, 5.41) is 12.9. The fourth-order valence-corrected chi connectivity index (χ4v) is 3.05. The van der Waals surface area contributed by atoms with Gasteiger partial charge in [-0.15, -0.1) is 0 Å². The first-order valence-electron chi connectivity index (χ1n) is 7.40. The average molecular weight is 291 g/mol. The molecule has 1 saturated heterocycles. The second-order valence-corrected chi connectivity index (χ2v) is 5.91. The maximum Gasteiger partial charge on any atom is 0.329 e. The van der Waals surface area contributed by atoms with E-state index in [0.29, 0.717) is 12.6 Å². The van der Waals surface area contributed by atoms with Gasteiger partial charge in [-0.2, -0.15) is 0 Å². The topological polar surface area (TPSA) is 55.8 Å². The van der Waals surface area contributed by atoms with Crippen LogP contribution in [0.25, 0.3) is 0 Å². The minimum Gasteiger partial charge on any atom is -0.480 e. The monoisotopic (exact) mass is 291 g/mol. The summed E-state index contributed by atoms with van der Waals surface area (Å²) >= 11 is 0. The number of aliphatic carboxylic acids is 1. The first-order chi connectivity index (χ1) is 9.99. The molecule has 1 aromatic rings. The van der Waals surface area contributed by atoms with Crippen molar-refractivity contribution in [2.24, 2.45) is 0 Å². The quantitative estimate of drug-likeness (QED) is 0.841. The molecule has 1 heterocycles. The molecule has 2 N–H and O–H groups in total. The third-order valence-corrected chi connectivity index (χ3v) is 4.47. The van der Waals surface area contributed by atoms with E-state index in [4.69, 9.17) is 0 Å². The zero-order chi connectivity index (χ0) is 15.5. The summed E-state index contributed by atoms with van der Waals surface area (Å²) in [6, 6.07) is 9.79. The van der Waals surface area contributed by atoms with Crippen molar-refractivity contribution < 1.29 is 9.90 Å². The van der Waals surface area contributed by atoms with Crippen LogP contribution in [-0.2, 0) is 10.3 Å². The van der Waals surface area contributed by atoms with E-state index in [0.717, 1.165) is 25.2 Å². The van der Waals surface area contributed by atoms with Gasteiger partial charge in [-0.05, 0) is 26.6 Å². The number of hydrogen-bond acceptors (Lipinski definition) is 4.